The summed E-state index contributed by atoms with van der Waals surface area (Å²) in [5, 5.41) is 0. The van der Waals surface area contributed by atoms with Gasteiger partial charge in [-0.25, -0.2) is 0 Å². The quantitative estimate of drug-likeness (QED) is 0.0261. The van der Waals surface area contributed by atoms with Gasteiger partial charge in [-0.15, -0.1) is 0 Å². The van der Waals surface area contributed by atoms with Crippen molar-refractivity contribution in [2.45, 2.75) is 316 Å². The first kappa shape index (κ1) is 67.1. The van der Waals surface area contributed by atoms with Crippen LogP contribution < -0.4 is 0 Å². The molecule has 0 aliphatic carbocycles. The SMILES string of the molecule is CC/C=C\C/C=C\C/C=C\C/C=C\CCCCCCCCCCCCCCCCC(=O)OCC(COC(=O)CCCCCCC/C=C\CCCC)OC(=O)CCCCCCCCCCCCCCCC. The van der Waals surface area contributed by atoms with Gasteiger partial charge in [0, 0.05) is 19.3 Å². The molecule has 70 heavy (non-hydrogen) atoms. The van der Waals surface area contributed by atoms with Crippen molar-refractivity contribution in [3.63, 3.8) is 0 Å². The summed E-state index contributed by atoms with van der Waals surface area (Å²) in [6.45, 7) is 6.51. The van der Waals surface area contributed by atoms with Crippen LogP contribution in [0.2, 0.25) is 0 Å². The molecule has 1 unspecified atom stereocenters. The lowest BCUT2D eigenvalue weighted by Gasteiger charge is -2.18. The van der Waals surface area contributed by atoms with E-state index in [1.807, 2.05) is 0 Å². The Morgan fingerprint density at radius 1 is 0.300 bits per heavy atom. The Bertz CT molecular complexity index is 1260. The van der Waals surface area contributed by atoms with E-state index >= 15 is 0 Å². The van der Waals surface area contributed by atoms with E-state index in [1.165, 1.54) is 180 Å². The molecule has 0 amide bonds. The Labute approximate surface area is 434 Å². The first-order valence-corrected chi connectivity index (χ1v) is 30.3. The minimum Gasteiger partial charge on any atom is -0.462 e. The molecule has 0 fully saturated rings. The maximum absolute atomic E-state index is 12.8. The fraction of sp³-hybridized carbons (Fsp3) is 0.797. The van der Waals surface area contributed by atoms with E-state index in [4.69, 9.17) is 14.2 Å². The number of carbonyl (C=O) groups is 3. The fourth-order valence-corrected chi connectivity index (χ4v) is 8.71. The van der Waals surface area contributed by atoms with Crippen LogP contribution in [0.1, 0.15) is 310 Å². The van der Waals surface area contributed by atoms with Crippen molar-refractivity contribution in [1.29, 1.82) is 0 Å². The van der Waals surface area contributed by atoms with Gasteiger partial charge in [-0.2, -0.15) is 0 Å². The lowest BCUT2D eigenvalue weighted by molar-refractivity contribution is -0.167. The molecule has 0 saturated carbocycles. The third kappa shape index (κ3) is 56.0. The molecule has 6 nitrogen and oxygen atoms in total. The van der Waals surface area contributed by atoms with Gasteiger partial charge in [0.05, 0.1) is 0 Å². The molecule has 406 valence electrons. The van der Waals surface area contributed by atoms with E-state index in [0.29, 0.717) is 19.3 Å². The second kappa shape index (κ2) is 58.7. The molecule has 0 N–H and O–H groups in total. The van der Waals surface area contributed by atoms with Crippen LogP contribution in [0.15, 0.2) is 60.8 Å². The van der Waals surface area contributed by atoms with Gasteiger partial charge in [0.15, 0.2) is 6.10 Å². The van der Waals surface area contributed by atoms with E-state index in [9.17, 15) is 14.4 Å². The van der Waals surface area contributed by atoms with Gasteiger partial charge in [0.25, 0.3) is 0 Å². The van der Waals surface area contributed by atoms with Crippen LogP contribution in [-0.2, 0) is 28.6 Å². The summed E-state index contributed by atoms with van der Waals surface area (Å²) in [6, 6.07) is 0. The van der Waals surface area contributed by atoms with Crippen molar-refractivity contribution in [2.75, 3.05) is 13.2 Å². The van der Waals surface area contributed by atoms with Gasteiger partial charge in [0.2, 0.25) is 0 Å². The highest BCUT2D eigenvalue weighted by Gasteiger charge is 2.19. The smallest absolute Gasteiger partial charge is 0.306 e. The molecule has 0 bridgehead atoms. The molecule has 0 aliphatic heterocycles. The zero-order chi connectivity index (χ0) is 50.7. The number of esters is 3. The van der Waals surface area contributed by atoms with Crippen molar-refractivity contribution in [3.8, 4) is 0 Å². The standard InChI is InChI=1S/C64H114O6/c1-4-7-10-13-16-19-22-24-26-27-28-29-30-31-32-33-34-35-36-37-38-40-42-45-48-51-54-57-63(66)69-60-61(59-68-62(65)56-53-50-47-44-41-21-18-15-12-9-6-3)70-64(67)58-55-52-49-46-43-39-25-23-20-17-14-11-8-5-2/h7,10,15-16,18-19,24,26,28-29,61H,4-6,8-9,11-14,17,20-23,25,27,30-60H2,1-3H3/b10-7-,18-15-,19-16-,26-24-,29-28-. The fourth-order valence-electron chi connectivity index (χ4n) is 8.71. The number of unbranched alkanes of at least 4 members (excludes halogenated alkanes) is 34. The average molecular weight is 980 g/mol. The lowest BCUT2D eigenvalue weighted by Crippen LogP contribution is -2.30. The number of rotatable bonds is 55. The summed E-state index contributed by atoms with van der Waals surface area (Å²) in [5.41, 5.74) is 0. The minimum atomic E-state index is -0.774. The van der Waals surface area contributed by atoms with E-state index in [1.54, 1.807) is 0 Å². The van der Waals surface area contributed by atoms with Crippen molar-refractivity contribution in [2.24, 2.45) is 0 Å². The number of hydrogen-bond donors (Lipinski definition) is 0. The van der Waals surface area contributed by atoms with Crippen LogP contribution in [-0.4, -0.2) is 37.2 Å². The topological polar surface area (TPSA) is 78.9 Å². The Balaban J connectivity index is 4.18. The lowest BCUT2D eigenvalue weighted by atomic mass is 10.0. The maximum Gasteiger partial charge on any atom is 0.306 e. The Morgan fingerprint density at radius 3 is 0.929 bits per heavy atom. The summed E-state index contributed by atoms with van der Waals surface area (Å²) >= 11 is 0. The molecule has 0 heterocycles. The molecule has 0 aliphatic rings. The van der Waals surface area contributed by atoms with E-state index < -0.39 is 6.10 Å². The Hall–Kier alpha value is -2.89. The Morgan fingerprint density at radius 2 is 0.571 bits per heavy atom. The highest BCUT2D eigenvalue weighted by molar-refractivity contribution is 5.71. The van der Waals surface area contributed by atoms with Crippen LogP contribution >= 0.6 is 0 Å². The summed E-state index contributed by atoms with van der Waals surface area (Å²) in [4.78, 5) is 38.1. The molecule has 0 aromatic rings. The molecule has 6 heteroatoms. The number of hydrogen-bond acceptors (Lipinski definition) is 6. The first-order valence-electron chi connectivity index (χ1n) is 30.3. The molecule has 1 atom stereocenters. The molecule has 0 rings (SSSR count). The second-order valence-electron chi connectivity index (χ2n) is 20.2. The predicted molar refractivity (Wildman–Crippen MR) is 302 cm³/mol. The zero-order valence-electron chi connectivity index (χ0n) is 46.5. The first-order chi connectivity index (χ1) is 34.5. The third-order valence-corrected chi connectivity index (χ3v) is 13.3. The number of carbonyl (C=O) groups excluding carboxylic acids is 3. The minimum absolute atomic E-state index is 0.0732. The van der Waals surface area contributed by atoms with Gasteiger partial charge >= 0.3 is 17.9 Å². The van der Waals surface area contributed by atoms with Crippen molar-refractivity contribution in [1.82, 2.24) is 0 Å². The molecular formula is C64H114O6. The summed E-state index contributed by atoms with van der Waals surface area (Å²) in [6.07, 6.45) is 73.7. The molecule has 0 aromatic carbocycles. The van der Waals surface area contributed by atoms with Crippen LogP contribution in [0, 0.1) is 0 Å². The van der Waals surface area contributed by atoms with Gasteiger partial charge < -0.3 is 14.2 Å². The highest BCUT2D eigenvalue weighted by atomic mass is 16.6. The van der Waals surface area contributed by atoms with Gasteiger partial charge in [-0.1, -0.05) is 274 Å². The summed E-state index contributed by atoms with van der Waals surface area (Å²) in [5.74, 6) is -0.869. The zero-order valence-corrected chi connectivity index (χ0v) is 46.5. The molecule has 0 spiro atoms. The Kier molecular flexibility index (Phi) is 56.3. The normalized spacial score (nSPS) is 12.4. The van der Waals surface area contributed by atoms with Gasteiger partial charge in [0.1, 0.15) is 13.2 Å². The largest absolute Gasteiger partial charge is 0.462 e. The predicted octanol–water partition coefficient (Wildman–Crippen LogP) is 20.4. The summed E-state index contributed by atoms with van der Waals surface area (Å²) < 4.78 is 16.9. The van der Waals surface area contributed by atoms with Crippen LogP contribution in [0.3, 0.4) is 0 Å². The monoisotopic (exact) mass is 979 g/mol. The van der Waals surface area contributed by atoms with Crippen molar-refractivity contribution >= 4 is 17.9 Å². The average Bonchev–Trinajstić information content (AvgIpc) is 3.36. The molecule has 0 radical (unpaired) electrons. The van der Waals surface area contributed by atoms with Crippen molar-refractivity contribution in [3.05, 3.63) is 60.8 Å². The number of ether oxygens (including phenoxy) is 3. The summed E-state index contributed by atoms with van der Waals surface area (Å²) in [7, 11) is 0. The van der Waals surface area contributed by atoms with Gasteiger partial charge in [-0.05, 0) is 77.0 Å². The van der Waals surface area contributed by atoms with Gasteiger partial charge in [-0.3, -0.25) is 14.4 Å². The van der Waals surface area contributed by atoms with Crippen LogP contribution in [0.25, 0.3) is 0 Å². The van der Waals surface area contributed by atoms with E-state index in [-0.39, 0.29) is 31.1 Å². The van der Waals surface area contributed by atoms with Crippen LogP contribution in [0.5, 0.6) is 0 Å². The highest BCUT2D eigenvalue weighted by Crippen LogP contribution is 2.17. The van der Waals surface area contributed by atoms with E-state index in [0.717, 1.165) is 89.9 Å². The number of allylic oxidation sites excluding steroid dienone is 10. The molecule has 0 aromatic heterocycles. The molecule has 0 saturated heterocycles. The van der Waals surface area contributed by atoms with Crippen molar-refractivity contribution < 1.29 is 28.6 Å². The second-order valence-corrected chi connectivity index (χ2v) is 20.2. The van der Waals surface area contributed by atoms with E-state index in [2.05, 4.69) is 81.5 Å². The maximum atomic E-state index is 12.8. The molecular weight excluding hydrogens is 865 g/mol. The van der Waals surface area contributed by atoms with Crippen LogP contribution in [0.4, 0.5) is 0 Å². The third-order valence-electron chi connectivity index (χ3n) is 13.3.